The molecule has 0 unspecified atom stereocenters. The van der Waals surface area contributed by atoms with E-state index in [1.54, 1.807) is 12.1 Å². The first-order chi connectivity index (χ1) is 16.0. The van der Waals surface area contributed by atoms with E-state index in [4.69, 9.17) is 0 Å². The summed E-state index contributed by atoms with van der Waals surface area (Å²) in [6, 6.07) is 18.3. The van der Waals surface area contributed by atoms with E-state index in [1.807, 2.05) is 60.8 Å². The minimum atomic E-state index is -0.429. The van der Waals surface area contributed by atoms with Gasteiger partial charge in [0.2, 0.25) is 0 Å². The van der Waals surface area contributed by atoms with Crippen LogP contribution in [0.15, 0.2) is 66.0 Å². The van der Waals surface area contributed by atoms with Gasteiger partial charge in [-0.2, -0.15) is 0 Å². The summed E-state index contributed by atoms with van der Waals surface area (Å²) < 4.78 is 1.02. The topological polar surface area (TPSA) is 87.3 Å². The minimum Gasteiger partial charge on any atom is -0.355 e. The van der Waals surface area contributed by atoms with Crippen LogP contribution in [-0.4, -0.2) is 24.8 Å². The van der Waals surface area contributed by atoms with Gasteiger partial charge >= 0.3 is 0 Å². The Morgan fingerprint density at radius 1 is 1.00 bits per heavy atom. The van der Waals surface area contributed by atoms with Gasteiger partial charge in [0.1, 0.15) is 0 Å². The van der Waals surface area contributed by atoms with Gasteiger partial charge in [-0.15, -0.1) is 11.3 Å². The molecule has 6 nitrogen and oxygen atoms in total. The molecule has 7 heteroatoms. The van der Waals surface area contributed by atoms with Gasteiger partial charge < -0.3 is 16.0 Å². The number of amides is 3. The quantitative estimate of drug-likeness (QED) is 0.418. The molecule has 4 aromatic rings. The first-order valence-electron chi connectivity index (χ1n) is 10.5. The summed E-state index contributed by atoms with van der Waals surface area (Å²) in [7, 11) is 1.53. The highest BCUT2D eigenvalue weighted by Crippen LogP contribution is 2.39. The Labute approximate surface area is 194 Å². The highest BCUT2D eigenvalue weighted by atomic mass is 32.1. The van der Waals surface area contributed by atoms with Crippen molar-refractivity contribution in [3.8, 4) is 0 Å². The molecule has 164 valence electrons. The molecule has 0 spiro atoms. The normalized spacial score (nSPS) is 14.6. The summed E-state index contributed by atoms with van der Waals surface area (Å²) in [4.78, 5) is 38.6. The summed E-state index contributed by atoms with van der Waals surface area (Å²) >= 11 is 1.50. The maximum absolute atomic E-state index is 13.3. The average molecular weight is 456 g/mol. The first kappa shape index (κ1) is 20.9. The molecule has 33 heavy (non-hydrogen) atoms. The van der Waals surface area contributed by atoms with Gasteiger partial charge in [-0.25, -0.2) is 0 Å². The number of hydrogen-bond acceptors (Lipinski definition) is 4. The fraction of sp³-hybridized carbons (Fsp3) is 0.115. The molecule has 1 aromatic heterocycles. The van der Waals surface area contributed by atoms with E-state index in [2.05, 4.69) is 16.0 Å². The summed E-state index contributed by atoms with van der Waals surface area (Å²) in [5.41, 5.74) is 4.31. The number of carbonyl (C=O) groups excluding carboxylic acids is 3. The lowest BCUT2D eigenvalue weighted by Gasteiger charge is -2.19. The molecule has 1 atom stereocenters. The third-order valence-electron chi connectivity index (χ3n) is 5.95. The van der Waals surface area contributed by atoms with E-state index in [1.165, 1.54) is 18.4 Å². The standard InChI is InChI=1S/C26H21N3O3S/c1-14-7-3-4-8-16(14)23-22-18(25(31)29-23)11-15(24(30)27-2)12-20(22)28-26(32)19-13-33-21-10-6-5-9-17(19)21/h3-13,23H,1-2H3,(H,27,30)(H,28,32)(H,29,31)/t23-/m0/s1. The molecule has 0 bridgehead atoms. The Kier molecular flexibility index (Phi) is 5.18. The van der Waals surface area contributed by atoms with E-state index in [-0.39, 0.29) is 17.7 Å². The van der Waals surface area contributed by atoms with Crippen molar-refractivity contribution in [1.29, 1.82) is 0 Å². The number of carbonyl (C=O) groups is 3. The van der Waals surface area contributed by atoms with Crippen LogP contribution >= 0.6 is 11.3 Å². The van der Waals surface area contributed by atoms with Gasteiger partial charge in [-0.1, -0.05) is 42.5 Å². The first-order valence-corrected chi connectivity index (χ1v) is 11.4. The van der Waals surface area contributed by atoms with E-state index in [9.17, 15) is 14.4 Å². The molecule has 0 saturated heterocycles. The second-order valence-corrected chi connectivity index (χ2v) is 8.84. The number of benzene rings is 3. The third-order valence-corrected chi connectivity index (χ3v) is 6.91. The minimum absolute atomic E-state index is 0.277. The lowest BCUT2D eigenvalue weighted by atomic mass is 9.92. The van der Waals surface area contributed by atoms with Crippen molar-refractivity contribution >= 4 is 44.8 Å². The van der Waals surface area contributed by atoms with Crippen LogP contribution in [0.4, 0.5) is 5.69 Å². The van der Waals surface area contributed by atoms with Crippen LogP contribution in [0.2, 0.25) is 0 Å². The third kappa shape index (κ3) is 3.56. The van der Waals surface area contributed by atoms with Crippen LogP contribution in [0.3, 0.4) is 0 Å². The van der Waals surface area contributed by atoms with Crippen molar-refractivity contribution in [3.05, 3.63) is 99.4 Å². The number of anilines is 1. The van der Waals surface area contributed by atoms with Crippen molar-refractivity contribution in [2.45, 2.75) is 13.0 Å². The van der Waals surface area contributed by atoms with Crippen LogP contribution < -0.4 is 16.0 Å². The number of aryl methyl sites for hydroxylation is 1. The second kappa shape index (κ2) is 8.18. The van der Waals surface area contributed by atoms with E-state index >= 15 is 0 Å². The van der Waals surface area contributed by atoms with E-state index < -0.39 is 6.04 Å². The van der Waals surface area contributed by atoms with Crippen molar-refractivity contribution in [2.75, 3.05) is 12.4 Å². The molecular formula is C26H21N3O3S. The summed E-state index contributed by atoms with van der Waals surface area (Å²) in [6.07, 6.45) is 0. The Morgan fingerprint density at radius 3 is 2.55 bits per heavy atom. The largest absolute Gasteiger partial charge is 0.355 e. The maximum Gasteiger partial charge on any atom is 0.257 e. The molecule has 1 aliphatic heterocycles. The number of thiophene rings is 1. The zero-order valence-electron chi connectivity index (χ0n) is 18.1. The van der Waals surface area contributed by atoms with Gasteiger partial charge in [-0.3, -0.25) is 14.4 Å². The average Bonchev–Trinajstić information content (AvgIpc) is 3.40. The van der Waals surface area contributed by atoms with Crippen LogP contribution in [0, 0.1) is 6.92 Å². The molecule has 5 rings (SSSR count). The number of nitrogens with one attached hydrogen (secondary N) is 3. The second-order valence-electron chi connectivity index (χ2n) is 7.93. The number of rotatable bonds is 4. The van der Waals surface area contributed by atoms with Gasteiger partial charge in [0.25, 0.3) is 17.7 Å². The Balaban J connectivity index is 1.64. The van der Waals surface area contributed by atoms with Crippen LogP contribution in [0.25, 0.3) is 10.1 Å². The summed E-state index contributed by atoms with van der Waals surface area (Å²) in [6.45, 7) is 1.98. The Hall–Kier alpha value is -3.97. The van der Waals surface area contributed by atoms with Crippen molar-refractivity contribution < 1.29 is 14.4 Å². The molecule has 3 aromatic carbocycles. The lowest BCUT2D eigenvalue weighted by Crippen LogP contribution is -2.21. The zero-order chi connectivity index (χ0) is 23.1. The van der Waals surface area contributed by atoms with Gasteiger partial charge in [0.05, 0.1) is 11.6 Å². The molecule has 1 aliphatic rings. The van der Waals surface area contributed by atoms with Crippen molar-refractivity contribution in [2.24, 2.45) is 0 Å². The van der Waals surface area contributed by atoms with Crippen LogP contribution in [-0.2, 0) is 0 Å². The zero-order valence-corrected chi connectivity index (χ0v) is 18.9. The van der Waals surface area contributed by atoms with Crippen LogP contribution in [0.1, 0.15) is 53.8 Å². The highest BCUT2D eigenvalue weighted by Gasteiger charge is 2.34. The SMILES string of the molecule is CNC(=O)c1cc(NC(=O)c2csc3ccccc23)c2c(c1)C(=O)N[C@H]2c1ccccc1C. The maximum atomic E-state index is 13.3. The molecular weight excluding hydrogens is 434 g/mol. The summed E-state index contributed by atoms with van der Waals surface area (Å²) in [5, 5.41) is 11.3. The fourth-order valence-electron chi connectivity index (χ4n) is 4.30. The van der Waals surface area contributed by atoms with E-state index in [0.29, 0.717) is 27.9 Å². The molecule has 0 fully saturated rings. The fourth-order valence-corrected chi connectivity index (χ4v) is 5.24. The predicted molar refractivity (Wildman–Crippen MR) is 130 cm³/mol. The molecule has 3 amide bonds. The lowest BCUT2D eigenvalue weighted by molar-refractivity contribution is 0.0959. The van der Waals surface area contributed by atoms with Crippen molar-refractivity contribution in [1.82, 2.24) is 10.6 Å². The van der Waals surface area contributed by atoms with Gasteiger partial charge in [0.15, 0.2) is 0 Å². The number of fused-ring (bicyclic) bond motifs is 2. The van der Waals surface area contributed by atoms with E-state index in [0.717, 1.165) is 21.2 Å². The monoisotopic (exact) mass is 455 g/mol. The Bertz CT molecular complexity index is 1440. The van der Waals surface area contributed by atoms with Crippen molar-refractivity contribution in [3.63, 3.8) is 0 Å². The van der Waals surface area contributed by atoms with Gasteiger partial charge in [0, 0.05) is 44.9 Å². The molecule has 0 saturated carbocycles. The van der Waals surface area contributed by atoms with Gasteiger partial charge in [-0.05, 0) is 36.2 Å². The molecule has 2 heterocycles. The van der Waals surface area contributed by atoms with Crippen LogP contribution in [0.5, 0.6) is 0 Å². The molecule has 3 N–H and O–H groups in total. The molecule has 0 aliphatic carbocycles. The summed E-state index contributed by atoms with van der Waals surface area (Å²) in [5.74, 6) is -0.895. The Morgan fingerprint density at radius 2 is 1.76 bits per heavy atom. The number of hydrogen-bond donors (Lipinski definition) is 3. The smallest absolute Gasteiger partial charge is 0.257 e. The highest BCUT2D eigenvalue weighted by molar-refractivity contribution is 7.17. The predicted octanol–water partition coefficient (Wildman–Crippen LogP) is 4.65. The molecule has 0 radical (unpaired) electrons.